The van der Waals surface area contributed by atoms with Gasteiger partial charge in [-0.3, -0.25) is 14.4 Å². The monoisotopic (exact) mass is 416 g/mol. The van der Waals surface area contributed by atoms with E-state index >= 15 is 0 Å². The van der Waals surface area contributed by atoms with Gasteiger partial charge in [0.05, 0.1) is 13.1 Å². The molecule has 3 N–H and O–H groups in total. The third-order valence-electron chi connectivity index (χ3n) is 4.73. The number of hydrogen-bond acceptors (Lipinski definition) is 5. The molecule has 2 heterocycles. The number of para-hydroxylation sites is 1. The number of aromatic amines is 1. The molecule has 0 unspecified atom stereocenters. The minimum absolute atomic E-state index is 0.0349. The lowest BCUT2D eigenvalue weighted by molar-refractivity contribution is -0.120. The molecule has 31 heavy (non-hydrogen) atoms. The van der Waals surface area contributed by atoms with E-state index in [2.05, 4.69) is 25.7 Å². The molecule has 4 aromatic rings. The number of rotatable bonds is 7. The summed E-state index contributed by atoms with van der Waals surface area (Å²) in [6, 6.07) is 14.7. The number of fused-ring (bicyclic) bond motifs is 1. The first-order chi connectivity index (χ1) is 15.1. The van der Waals surface area contributed by atoms with Crippen molar-refractivity contribution in [1.29, 1.82) is 0 Å². The fraction of sp³-hybridized carbons (Fsp3) is 0.136. The quantitative estimate of drug-likeness (QED) is 0.418. The molecular weight excluding hydrogens is 396 g/mol. The van der Waals surface area contributed by atoms with Crippen molar-refractivity contribution in [3.63, 3.8) is 0 Å². The number of aromatic nitrogens is 4. The van der Waals surface area contributed by atoms with E-state index in [0.717, 1.165) is 11.1 Å². The zero-order valence-corrected chi connectivity index (χ0v) is 16.5. The summed E-state index contributed by atoms with van der Waals surface area (Å²) in [5.41, 5.74) is 2.18. The van der Waals surface area contributed by atoms with Crippen molar-refractivity contribution >= 4 is 22.7 Å². The maximum Gasteiger partial charge on any atom is 0.257 e. The lowest BCUT2D eigenvalue weighted by Crippen LogP contribution is -2.38. The molecule has 2 aromatic heterocycles. The van der Waals surface area contributed by atoms with Gasteiger partial charge in [-0.05, 0) is 23.3 Å². The van der Waals surface area contributed by atoms with Crippen LogP contribution in [0.4, 0.5) is 0 Å². The highest BCUT2D eigenvalue weighted by Gasteiger charge is 2.13. The van der Waals surface area contributed by atoms with Crippen LogP contribution in [0, 0.1) is 0 Å². The summed E-state index contributed by atoms with van der Waals surface area (Å²) in [6.07, 6.45) is 4.47. The van der Waals surface area contributed by atoms with Crippen molar-refractivity contribution < 1.29 is 9.59 Å². The summed E-state index contributed by atoms with van der Waals surface area (Å²) >= 11 is 0. The maximum atomic E-state index is 12.5. The number of amides is 2. The van der Waals surface area contributed by atoms with Gasteiger partial charge in [0.25, 0.3) is 5.91 Å². The predicted octanol–water partition coefficient (Wildman–Crippen LogP) is 1.21. The molecule has 9 nitrogen and oxygen atoms in total. The van der Waals surface area contributed by atoms with Crippen LogP contribution >= 0.6 is 0 Å². The Morgan fingerprint density at radius 3 is 2.71 bits per heavy atom. The summed E-state index contributed by atoms with van der Waals surface area (Å²) in [5.74, 6) is -0.954. The van der Waals surface area contributed by atoms with Crippen molar-refractivity contribution in [3.8, 4) is 0 Å². The lowest BCUT2D eigenvalue weighted by Gasteiger charge is -2.09. The van der Waals surface area contributed by atoms with E-state index < -0.39 is 5.91 Å². The Balaban J connectivity index is 1.31. The van der Waals surface area contributed by atoms with Gasteiger partial charge in [-0.1, -0.05) is 36.4 Å². The number of H-pyrrole nitrogens is 1. The average Bonchev–Trinajstić information content (AvgIpc) is 3.30. The Morgan fingerprint density at radius 1 is 1.03 bits per heavy atom. The first-order valence-corrected chi connectivity index (χ1v) is 9.66. The average molecular weight is 416 g/mol. The molecule has 156 valence electrons. The second kappa shape index (κ2) is 9.04. The topological polar surface area (TPSA) is 122 Å². The number of hydrogen-bond donors (Lipinski definition) is 3. The minimum Gasteiger partial charge on any atom is -0.360 e. The normalized spacial score (nSPS) is 10.7. The second-order valence-corrected chi connectivity index (χ2v) is 6.95. The van der Waals surface area contributed by atoms with Gasteiger partial charge < -0.3 is 15.6 Å². The van der Waals surface area contributed by atoms with Gasteiger partial charge in [0, 0.05) is 23.6 Å². The van der Waals surface area contributed by atoms with Crippen molar-refractivity contribution in [2.24, 2.45) is 0 Å². The third-order valence-corrected chi connectivity index (χ3v) is 4.73. The van der Waals surface area contributed by atoms with Gasteiger partial charge in [-0.15, -0.1) is 0 Å². The molecule has 0 saturated carbocycles. The van der Waals surface area contributed by atoms with E-state index in [1.807, 2.05) is 24.3 Å². The van der Waals surface area contributed by atoms with Crippen LogP contribution in [0.3, 0.4) is 0 Å². The summed E-state index contributed by atoms with van der Waals surface area (Å²) < 4.78 is 1.71. The minimum atomic E-state index is -0.600. The van der Waals surface area contributed by atoms with Crippen molar-refractivity contribution in [2.45, 2.75) is 13.1 Å². The molecular formula is C22H20N6O3. The van der Waals surface area contributed by atoms with Crippen molar-refractivity contribution in [1.82, 2.24) is 30.4 Å². The zero-order chi connectivity index (χ0) is 21.6. The zero-order valence-electron chi connectivity index (χ0n) is 16.5. The molecule has 4 rings (SSSR count). The van der Waals surface area contributed by atoms with Crippen LogP contribution in [0.25, 0.3) is 10.9 Å². The highest BCUT2D eigenvalue weighted by Crippen LogP contribution is 2.08. The molecule has 2 aromatic carbocycles. The van der Waals surface area contributed by atoms with E-state index in [9.17, 15) is 14.4 Å². The van der Waals surface area contributed by atoms with E-state index in [-0.39, 0.29) is 23.4 Å². The molecule has 0 fully saturated rings. The number of carbonyl (C=O) groups excluding carboxylic acids is 2. The van der Waals surface area contributed by atoms with Crippen molar-refractivity contribution in [3.05, 3.63) is 94.3 Å². The lowest BCUT2D eigenvalue weighted by atomic mass is 10.1. The predicted molar refractivity (Wildman–Crippen MR) is 114 cm³/mol. The highest BCUT2D eigenvalue weighted by atomic mass is 16.2. The Hall–Kier alpha value is -4.27. The Kier molecular flexibility index (Phi) is 5.84. The molecule has 0 atom stereocenters. The number of nitrogens with one attached hydrogen (secondary N) is 3. The van der Waals surface area contributed by atoms with Crippen LogP contribution in [0.2, 0.25) is 0 Å². The summed E-state index contributed by atoms with van der Waals surface area (Å²) in [4.78, 5) is 43.8. The van der Waals surface area contributed by atoms with Crippen LogP contribution < -0.4 is 16.1 Å². The third kappa shape index (κ3) is 4.84. The fourth-order valence-electron chi connectivity index (χ4n) is 3.19. The van der Waals surface area contributed by atoms with Gasteiger partial charge in [0.2, 0.25) is 11.3 Å². The molecule has 2 amide bonds. The SMILES string of the molecule is O=C(CNC(=O)c1c[nH]c2ccccc2c1=O)NCc1cccc(Cn2cncn2)c1. The molecule has 0 saturated heterocycles. The van der Waals surface area contributed by atoms with Crippen LogP contribution in [-0.4, -0.2) is 38.1 Å². The van der Waals surface area contributed by atoms with Crippen molar-refractivity contribution in [2.75, 3.05) is 6.54 Å². The summed E-state index contributed by atoms with van der Waals surface area (Å²) in [6.45, 7) is 0.665. The molecule has 0 aliphatic carbocycles. The van der Waals surface area contributed by atoms with Gasteiger partial charge in [-0.2, -0.15) is 5.10 Å². The highest BCUT2D eigenvalue weighted by molar-refractivity contribution is 5.98. The Morgan fingerprint density at radius 2 is 1.87 bits per heavy atom. The van der Waals surface area contributed by atoms with Crippen LogP contribution in [0.15, 0.2) is 72.2 Å². The van der Waals surface area contributed by atoms with Crippen LogP contribution in [0.5, 0.6) is 0 Å². The fourth-order valence-corrected chi connectivity index (χ4v) is 3.19. The smallest absolute Gasteiger partial charge is 0.257 e. The molecule has 9 heteroatoms. The Bertz CT molecular complexity index is 1280. The largest absolute Gasteiger partial charge is 0.360 e. The summed E-state index contributed by atoms with van der Waals surface area (Å²) in [5, 5.41) is 9.75. The molecule has 0 aliphatic heterocycles. The second-order valence-electron chi connectivity index (χ2n) is 6.95. The van der Waals surface area contributed by atoms with Crippen LogP contribution in [0.1, 0.15) is 21.5 Å². The van der Waals surface area contributed by atoms with E-state index in [1.165, 1.54) is 12.5 Å². The van der Waals surface area contributed by atoms with Crippen LogP contribution in [-0.2, 0) is 17.9 Å². The molecule has 0 radical (unpaired) electrons. The number of carbonyl (C=O) groups is 2. The number of pyridine rings is 1. The Labute approximate surface area is 177 Å². The molecule has 0 spiro atoms. The maximum absolute atomic E-state index is 12.5. The van der Waals surface area contributed by atoms with E-state index in [0.29, 0.717) is 24.0 Å². The van der Waals surface area contributed by atoms with Gasteiger partial charge in [0.1, 0.15) is 18.2 Å². The molecule has 0 bridgehead atoms. The molecule has 0 aliphatic rings. The van der Waals surface area contributed by atoms with Gasteiger partial charge in [0.15, 0.2) is 0 Å². The number of benzene rings is 2. The van der Waals surface area contributed by atoms with Gasteiger partial charge >= 0.3 is 0 Å². The van der Waals surface area contributed by atoms with Gasteiger partial charge in [-0.25, -0.2) is 9.67 Å². The standard InChI is InChI=1S/C22H20N6O3/c29-20(25-9-15-4-3-5-16(8-15)12-28-14-23-13-27-28)11-26-22(31)18-10-24-19-7-2-1-6-17(19)21(18)30/h1-8,10,13-14H,9,11-12H2,(H,24,30)(H,25,29)(H,26,31). The number of nitrogens with zero attached hydrogens (tertiary/aromatic N) is 3. The summed E-state index contributed by atoms with van der Waals surface area (Å²) in [7, 11) is 0. The van der Waals surface area contributed by atoms with E-state index in [4.69, 9.17) is 0 Å². The first kappa shape index (κ1) is 20.0. The first-order valence-electron chi connectivity index (χ1n) is 9.66. The van der Waals surface area contributed by atoms with E-state index in [1.54, 1.807) is 35.3 Å².